The molecule has 0 atom stereocenters. The number of para-hydroxylation sites is 1. The van der Waals surface area contributed by atoms with Gasteiger partial charge in [0.05, 0.1) is 0 Å². The van der Waals surface area contributed by atoms with Crippen LogP contribution in [0.25, 0.3) is 0 Å². The number of hydrogen-bond acceptors (Lipinski definition) is 3. The molecule has 0 aliphatic heterocycles. The minimum atomic E-state index is -0.442. The quantitative estimate of drug-likeness (QED) is 0.626. The lowest BCUT2D eigenvalue weighted by molar-refractivity contribution is -0.136. The summed E-state index contributed by atoms with van der Waals surface area (Å²) in [5.41, 5.74) is 2.79. The summed E-state index contributed by atoms with van der Waals surface area (Å²) in [4.78, 5) is 11.9. The lowest BCUT2D eigenvalue weighted by Gasteiger charge is -2.12. The van der Waals surface area contributed by atoms with E-state index in [-0.39, 0.29) is 6.61 Å². The summed E-state index contributed by atoms with van der Waals surface area (Å²) < 4.78 is 10.8. The third kappa shape index (κ3) is 3.99. The van der Waals surface area contributed by atoms with Gasteiger partial charge in [-0.25, -0.2) is 4.79 Å². The van der Waals surface area contributed by atoms with E-state index >= 15 is 0 Å². The van der Waals surface area contributed by atoms with E-state index in [2.05, 4.69) is 0 Å². The van der Waals surface area contributed by atoms with Crippen molar-refractivity contribution in [2.24, 2.45) is 0 Å². The smallest absolute Gasteiger partial charge is 0.349 e. The minimum Gasteiger partial charge on any atom is -0.481 e. The van der Waals surface area contributed by atoms with Gasteiger partial charge in [-0.3, -0.25) is 0 Å². The molecule has 0 aromatic heterocycles. The molecular formula is C17H17ClO3. The van der Waals surface area contributed by atoms with Gasteiger partial charge in [-0.05, 0) is 55.7 Å². The van der Waals surface area contributed by atoms with Crippen molar-refractivity contribution < 1.29 is 14.3 Å². The molecule has 0 radical (unpaired) electrons. The van der Waals surface area contributed by atoms with Gasteiger partial charge in [-0.1, -0.05) is 29.8 Å². The molecule has 21 heavy (non-hydrogen) atoms. The number of aryl methyl sites for hydroxylation is 3. The molecule has 0 N–H and O–H groups in total. The molecule has 110 valence electrons. The van der Waals surface area contributed by atoms with Crippen LogP contribution in [-0.2, 0) is 4.79 Å². The molecule has 0 bridgehead atoms. The number of ether oxygens (including phenoxy) is 2. The molecular weight excluding hydrogens is 288 g/mol. The van der Waals surface area contributed by atoms with Crippen molar-refractivity contribution in [3.8, 4) is 11.5 Å². The third-order valence-corrected chi connectivity index (χ3v) is 3.34. The Morgan fingerprint density at radius 1 is 1.05 bits per heavy atom. The molecule has 0 fully saturated rings. The number of benzene rings is 2. The summed E-state index contributed by atoms with van der Waals surface area (Å²) in [6.07, 6.45) is 0. The highest BCUT2D eigenvalue weighted by atomic mass is 35.5. The van der Waals surface area contributed by atoms with E-state index in [4.69, 9.17) is 21.1 Å². The lowest BCUT2D eigenvalue weighted by Crippen LogP contribution is -2.18. The summed E-state index contributed by atoms with van der Waals surface area (Å²) in [7, 11) is 0. The number of halogens is 1. The average molecular weight is 305 g/mol. The van der Waals surface area contributed by atoms with Gasteiger partial charge in [0.2, 0.25) is 0 Å². The second-order valence-corrected chi connectivity index (χ2v) is 5.33. The Hall–Kier alpha value is -2.00. The van der Waals surface area contributed by atoms with Gasteiger partial charge in [-0.2, -0.15) is 0 Å². The van der Waals surface area contributed by atoms with E-state index in [1.807, 2.05) is 39.0 Å². The molecule has 0 saturated heterocycles. The van der Waals surface area contributed by atoms with Crippen LogP contribution in [0.15, 0.2) is 36.4 Å². The van der Waals surface area contributed by atoms with Gasteiger partial charge in [-0.15, -0.1) is 0 Å². The molecule has 0 amide bonds. The molecule has 4 heteroatoms. The Bertz CT molecular complexity index is 645. The highest BCUT2D eigenvalue weighted by Gasteiger charge is 2.10. The van der Waals surface area contributed by atoms with Gasteiger partial charge in [0, 0.05) is 5.02 Å². The Kier molecular flexibility index (Phi) is 4.86. The van der Waals surface area contributed by atoms with Gasteiger partial charge < -0.3 is 9.47 Å². The van der Waals surface area contributed by atoms with Crippen LogP contribution in [0.4, 0.5) is 0 Å². The number of rotatable bonds is 4. The molecule has 3 nitrogen and oxygen atoms in total. The molecule has 0 aliphatic rings. The Morgan fingerprint density at radius 2 is 1.71 bits per heavy atom. The maximum Gasteiger partial charge on any atom is 0.349 e. The monoisotopic (exact) mass is 304 g/mol. The summed E-state index contributed by atoms with van der Waals surface area (Å²) in [5, 5.41) is 0.610. The first kappa shape index (κ1) is 15.4. The standard InChI is InChI=1S/C17H17ClO3/c1-11-5-4-6-12(2)17(11)20-10-16(19)21-15-8-7-14(18)9-13(15)3/h4-9H,10H2,1-3H3. The zero-order chi connectivity index (χ0) is 15.4. The number of hydrogen-bond donors (Lipinski definition) is 0. The molecule has 0 unspecified atom stereocenters. The Balaban J connectivity index is 1.99. The summed E-state index contributed by atoms with van der Waals surface area (Å²) in [6, 6.07) is 10.9. The van der Waals surface area contributed by atoms with E-state index in [0.717, 1.165) is 22.4 Å². The van der Waals surface area contributed by atoms with Crippen molar-refractivity contribution in [3.05, 3.63) is 58.1 Å². The van der Waals surface area contributed by atoms with Crippen molar-refractivity contribution in [2.45, 2.75) is 20.8 Å². The van der Waals surface area contributed by atoms with Crippen LogP contribution in [0.5, 0.6) is 11.5 Å². The van der Waals surface area contributed by atoms with Crippen LogP contribution < -0.4 is 9.47 Å². The first-order chi connectivity index (χ1) is 9.97. The van der Waals surface area contributed by atoms with Crippen LogP contribution in [0.2, 0.25) is 5.02 Å². The molecule has 2 rings (SSSR count). The van der Waals surface area contributed by atoms with Crippen molar-refractivity contribution in [1.29, 1.82) is 0 Å². The van der Waals surface area contributed by atoms with Gasteiger partial charge in [0.25, 0.3) is 0 Å². The molecule has 0 aliphatic carbocycles. The first-order valence-electron chi connectivity index (χ1n) is 6.63. The molecule has 0 saturated carbocycles. The predicted octanol–water partition coefficient (Wildman–Crippen LogP) is 4.25. The SMILES string of the molecule is Cc1cc(Cl)ccc1OC(=O)COc1c(C)cccc1C. The van der Waals surface area contributed by atoms with E-state index < -0.39 is 5.97 Å². The Labute approximate surface area is 129 Å². The van der Waals surface area contributed by atoms with Crippen molar-refractivity contribution in [3.63, 3.8) is 0 Å². The largest absolute Gasteiger partial charge is 0.481 e. The second-order valence-electron chi connectivity index (χ2n) is 4.89. The van der Waals surface area contributed by atoms with Crippen LogP contribution in [-0.4, -0.2) is 12.6 Å². The van der Waals surface area contributed by atoms with Crippen molar-refractivity contribution >= 4 is 17.6 Å². The van der Waals surface area contributed by atoms with Crippen molar-refractivity contribution in [2.75, 3.05) is 6.61 Å². The fraction of sp³-hybridized carbons (Fsp3) is 0.235. The minimum absolute atomic E-state index is 0.131. The zero-order valence-electron chi connectivity index (χ0n) is 12.3. The molecule has 0 heterocycles. The Morgan fingerprint density at radius 3 is 2.33 bits per heavy atom. The normalized spacial score (nSPS) is 10.3. The van der Waals surface area contributed by atoms with Gasteiger partial charge >= 0.3 is 5.97 Å². The third-order valence-electron chi connectivity index (χ3n) is 3.10. The number of carbonyl (C=O) groups is 1. The average Bonchev–Trinajstić information content (AvgIpc) is 2.41. The highest BCUT2D eigenvalue weighted by molar-refractivity contribution is 6.30. The lowest BCUT2D eigenvalue weighted by atomic mass is 10.1. The molecule has 0 spiro atoms. The van der Waals surface area contributed by atoms with E-state index in [1.54, 1.807) is 18.2 Å². The van der Waals surface area contributed by atoms with Gasteiger partial charge in [0.1, 0.15) is 11.5 Å². The van der Waals surface area contributed by atoms with Crippen LogP contribution in [0, 0.1) is 20.8 Å². The fourth-order valence-electron chi connectivity index (χ4n) is 2.04. The van der Waals surface area contributed by atoms with E-state index in [9.17, 15) is 4.79 Å². The van der Waals surface area contributed by atoms with Crippen LogP contribution >= 0.6 is 11.6 Å². The second kappa shape index (κ2) is 6.64. The summed E-state index contributed by atoms with van der Waals surface area (Å²) in [5.74, 6) is 0.778. The topological polar surface area (TPSA) is 35.5 Å². The van der Waals surface area contributed by atoms with Crippen LogP contribution in [0.3, 0.4) is 0 Å². The zero-order valence-corrected chi connectivity index (χ0v) is 13.0. The number of esters is 1. The summed E-state index contributed by atoms with van der Waals surface area (Å²) in [6.45, 7) is 5.59. The van der Waals surface area contributed by atoms with E-state index in [1.165, 1.54) is 0 Å². The van der Waals surface area contributed by atoms with E-state index in [0.29, 0.717) is 10.8 Å². The number of carbonyl (C=O) groups excluding carboxylic acids is 1. The predicted molar refractivity (Wildman–Crippen MR) is 83.2 cm³/mol. The molecule has 2 aromatic rings. The van der Waals surface area contributed by atoms with Crippen LogP contribution in [0.1, 0.15) is 16.7 Å². The van der Waals surface area contributed by atoms with Crippen molar-refractivity contribution in [1.82, 2.24) is 0 Å². The first-order valence-corrected chi connectivity index (χ1v) is 7.01. The van der Waals surface area contributed by atoms with Gasteiger partial charge in [0.15, 0.2) is 6.61 Å². The maximum atomic E-state index is 11.9. The molecule has 2 aromatic carbocycles. The fourth-order valence-corrected chi connectivity index (χ4v) is 2.26. The summed E-state index contributed by atoms with van der Waals surface area (Å²) >= 11 is 5.86. The highest BCUT2D eigenvalue weighted by Crippen LogP contribution is 2.24. The maximum absolute atomic E-state index is 11.9.